The van der Waals surface area contributed by atoms with E-state index in [4.69, 9.17) is 14.6 Å². The van der Waals surface area contributed by atoms with Crippen LogP contribution in [-0.4, -0.2) is 60.9 Å². The van der Waals surface area contributed by atoms with Gasteiger partial charge in [-0.25, -0.2) is 4.79 Å². The average Bonchev–Trinajstić information content (AvgIpc) is 2.18. The van der Waals surface area contributed by atoms with E-state index >= 15 is 0 Å². The zero-order valence-electron chi connectivity index (χ0n) is 8.86. The highest BCUT2D eigenvalue weighted by Gasteiger charge is 2.44. The van der Waals surface area contributed by atoms with Crippen LogP contribution in [0.1, 0.15) is 6.92 Å². The van der Waals surface area contributed by atoms with Crippen LogP contribution in [0.5, 0.6) is 0 Å². The number of hydrogen-bond donors (Lipinski definition) is 1. The molecule has 86 valence electrons. The predicted octanol–water partition coefficient (Wildman–Crippen LogP) is -0.665. The highest BCUT2D eigenvalue weighted by atomic mass is 16.6. The van der Waals surface area contributed by atoms with Gasteiger partial charge in [0.25, 0.3) is 0 Å². The Morgan fingerprint density at radius 3 is 2.73 bits per heavy atom. The molecule has 0 saturated carbocycles. The van der Waals surface area contributed by atoms with Gasteiger partial charge in [-0.2, -0.15) is 0 Å². The number of carboxylic acids is 1. The number of hydrogen-bond acceptors (Lipinski definition) is 4. The molecule has 6 nitrogen and oxygen atoms in total. The zero-order valence-corrected chi connectivity index (χ0v) is 8.86. The lowest BCUT2D eigenvalue weighted by Crippen LogP contribution is -2.59. The van der Waals surface area contributed by atoms with Crippen LogP contribution in [0.15, 0.2) is 0 Å². The Balaban J connectivity index is 2.79. The summed E-state index contributed by atoms with van der Waals surface area (Å²) in [6.45, 7) is 2.02. The molecule has 1 aliphatic rings. The summed E-state index contributed by atoms with van der Waals surface area (Å²) in [5.74, 6) is -1.25. The lowest BCUT2D eigenvalue weighted by Gasteiger charge is -2.38. The predicted molar refractivity (Wildman–Crippen MR) is 50.4 cm³/mol. The Bertz CT molecular complexity index is 263. The van der Waals surface area contributed by atoms with E-state index in [-0.39, 0.29) is 25.7 Å². The standard InChI is InChI=1S/C9H15NO5/c1-7(11)10-3-4-15-9(5-10,6-14-2)8(12)13/h3-6H2,1-2H3,(H,12,13). The average molecular weight is 217 g/mol. The molecule has 0 spiro atoms. The van der Waals surface area contributed by atoms with E-state index in [2.05, 4.69) is 0 Å². The van der Waals surface area contributed by atoms with Gasteiger partial charge < -0.3 is 19.5 Å². The van der Waals surface area contributed by atoms with Gasteiger partial charge in [-0.15, -0.1) is 0 Å². The molecular weight excluding hydrogens is 202 g/mol. The van der Waals surface area contributed by atoms with E-state index < -0.39 is 11.6 Å². The van der Waals surface area contributed by atoms with Gasteiger partial charge in [0.1, 0.15) is 0 Å². The molecule has 0 aliphatic carbocycles. The van der Waals surface area contributed by atoms with E-state index in [0.29, 0.717) is 6.54 Å². The number of ether oxygens (including phenoxy) is 2. The summed E-state index contributed by atoms with van der Waals surface area (Å²) >= 11 is 0. The Kier molecular flexibility index (Phi) is 3.65. The van der Waals surface area contributed by atoms with Crippen LogP contribution in [0, 0.1) is 0 Å². The van der Waals surface area contributed by atoms with Crippen molar-refractivity contribution in [3.63, 3.8) is 0 Å². The van der Waals surface area contributed by atoms with Crippen LogP contribution in [-0.2, 0) is 19.1 Å². The summed E-state index contributed by atoms with van der Waals surface area (Å²) in [4.78, 5) is 23.7. The molecule has 1 rings (SSSR count). The van der Waals surface area contributed by atoms with E-state index in [9.17, 15) is 9.59 Å². The molecular formula is C9H15NO5. The maximum absolute atomic E-state index is 11.2. The van der Waals surface area contributed by atoms with Gasteiger partial charge in [0.2, 0.25) is 11.5 Å². The minimum atomic E-state index is -1.42. The fourth-order valence-electron chi connectivity index (χ4n) is 1.56. The third-order valence-electron chi connectivity index (χ3n) is 2.40. The lowest BCUT2D eigenvalue weighted by atomic mass is 10.0. The molecule has 6 heteroatoms. The second kappa shape index (κ2) is 4.59. The van der Waals surface area contributed by atoms with Crippen LogP contribution >= 0.6 is 0 Å². The molecule has 1 unspecified atom stereocenters. The van der Waals surface area contributed by atoms with Crippen LogP contribution in [0.4, 0.5) is 0 Å². The van der Waals surface area contributed by atoms with Gasteiger partial charge in [0.15, 0.2) is 0 Å². The SMILES string of the molecule is COCC1(C(=O)O)CN(C(C)=O)CCO1. The van der Waals surface area contributed by atoms with Crippen molar-refractivity contribution >= 4 is 11.9 Å². The van der Waals surface area contributed by atoms with Gasteiger partial charge in [-0.05, 0) is 0 Å². The minimum Gasteiger partial charge on any atom is -0.479 e. The second-order valence-electron chi connectivity index (χ2n) is 3.52. The van der Waals surface area contributed by atoms with E-state index in [1.807, 2.05) is 0 Å². The molecule has 1 atom stereocenters. The molecule has 0 aromatic heterocycles. The summed E-state index contributed by atoms with van der Waals surface area (Å²) in [5.41, 5.74) is -1.42. The second-order valence-corrected chi connectivity index (χ2v) is 3.52. The highest BCUT2D eigenvalue weighted by Crippen LogP contribution is 2.19. The van der Waals surface area contributed by atoms with Crippen molar-refractivity contribution in [2.75, 3.05) is 33.4 Å². The van der Waals surface area contributed by atoms with Crippen molar-refractivity contribution in [2.24, 2.45) is 0 Å². The lowest BCUT2D eigenvalue weighted by molar-refractivity contribution is -0.188. The summed E-state index contributed by atoms with van der Waals surface area (Å²) in [6, 6.07) is 0. The molecule has 1 heterocycles. The third-order valence-corrected chi connectivity index (χ3v) is 2.40. The smallest absolute Gasteiger partial charge is 0.340 e. The molecule has 1 aliphatic heterocycles. The van der Waals surface area contributed by atoms with Crippen LogP contribution in [0.25, 0.3) is 0 Å². The number of carbonyl (C=O) groups is 2. The molecule has 0 aromatic carbocycles. The quantitative estimate of drug-likeness (QED) is 0.678. The monoisotopic (exact) mass is 217 g/mol. The summed E-state index contributed by atoms with van der Waals surface area (Å²) in [6.07, 6.45) is 0. The number of carbonyl (C=O) groups excluding carboxylic acids is 1. The highest BCUT2D eigenvalue weighted by molar-refractivity contribution is 5.80. The number of morpholine rings is 1. The van der Waals surface area contributed by atoms with Crippen molar-refractivity contribution in [3.8, 4) is 0 Å². The first-order valence-corrected chi connectivity index (χ1v) is 4.63. The number of methoxy groups -OCH3 is 1. The summed E-state index contributed by atoms with van der Waals surface area (Å²) in [5, 5.41) is 9.08. The molecule has 1 fully saturated rings. The Morgan fingerprint density at radius 2 is 2.27 bits per heavy atom. The molecule has 0 aromatic rings. The Hall–Kier alpha value is -1.14. The largest absolute Gasteiger partial charge is 0.479 e. The third kappa shape index (κ3) is 2.45. The maximum Gasteiger partial charge on any atom is 0.340 e. The van der Waals surface area contributed by atoms with Gasteiger partial charge in [-0.3, -0.25) is 4.79 Å². The first-order chi connectivity index (χ1) is 7.02. The van der Waals surface area contributed by atoms with E-state index in [1.54, 1.807) is 0 Å². The molecule has 0 bridgehead atoms. The van der Waals surface area contributed by atoms with Crippen molar-refractivity contribution < 1.29 is 24.2 Å². The first-order valence-electron chi connectivity index (χ1n) is 4.63. The summed E-state index contributed by atoms with van der Waals surface area (Å²) in [7, 11) is 1.40. The molecule has 0 radical (unpaired) electrons. The molecule has 1 N–H and O–H groups in total. The zero-order chi connectivity index (χ0) is 11.5. The fraction of sp³-hybridized carbons (Fsp3) is 0.778. The van der Waals surface area contributed by atoms with Gasteiger partial charge in [0, 0.05) is 20.6 Å². The Labute approximate surface area is 87.8 Å². The first kappa shape index (κ1) is 11.9. The summed E-state index contributed by atoms with van der Waals surface area (Å²) < 4.78 is 10.1. The number of carboxylic acid groups (broad SMARTS) is 1. The van der Waals surface area contributed by atoms with Gasteiger partial charge >= 0.3 is 5.97 Å². The number of aliphatic carboxylic acids is 1. The fourth-order valence-corrected chi connectivity index (χ4v) is 1.56. The van der Waals surface area contributed by atoms with E-state index in [0.717, 1.165) is 0 Å². The molecule has 1 saturated heterocycles. The minimum absolute atomic E-state index is 0.0332. The van der Waals surface area contributed by atoms with Gasteiger partial charge in [-0.1, -0.05) is 0 Å². The number of nitrogens with zero attached hydrogens (tertiary/aromatic N) is 1. The maximum atomic E-state index is 11.2. The normalized spacial score (nSPS) is 26.4. The van der Waals surface area contributed by atoms with Crippen LogP contribution in [0.2, 0.25) is 0 Å². The number of amides is 1. The van der Waals surface area contributed by atoms with Crippen molar-refractivity contribution in [1.82, 2.24) is 4.90 Å². The number of rotatable bonds is 3. The molecule has 15 heavy (non-hydrogen) atoms. The Morgan fingerprint density at radius 1 is 1.60 bits per heavy atom. The van der Waals surface area contributed by atoms with Crippen LogP contribution < -0.4 is 0 Å². The van der Waals surface area contributed by atoms with Crippen molar-refractivity contribution in [1.29, 1.82) is 0 Å². The topological polar surface area (TPSA) is 76.1 Å². The van der Waals surface area contributed by atoms with E-state index in [1.165, 1.54) is 18.9 Å². The van der Waals surface area contributed by atoms with Crippen molar-refractivity contribution in [3.05, 3.63) is 0 Å². The van der Waals surface area contributed by atoms with Gasteiger partial charge in [0.05, 0.1) is 19.8 Å². The van der Waals surface area contributed by atoms with Crippen LogP contribution in [0.3, 0.4) is 0 Å². The van der Waals surface area contributed by atoms with Crippen molar-refractivity contribution in [2.45, 2.75) is 12.5 Å². The molecule has 1 amide bonds.